The Labute approximate surface area is 187 Å². The molecule has 2 aromatic heterocycles. The zero-order valence-corrected chi connectivity index (χ0v) is 17.5. The van der Waals surface area contributed by atoms with E-state index < -0.39 is 5.97 Å². The summed E-state index contributed by atoms with van der Waals surface area (Å²) in [6.45, 7) is 0.448. The molecule has 2 heterocycles. The van der Waals surface area contributed by atoms with Crippen LogP contribution in [0.3, 0.4) is 0 Å². The number of aromatic nitrogens is 3. The summed E-state index contributed by atoms with van der Waals surface area (Å²) in [6, 6.07) is 17.3. The number of carbonyl (C=O) groups is 1. The minimum Gasteiger partial charge on any atom is -0.478 e. The molecule has 0 aliphatic rings. The summed E-state index contributed by atoms with van der Waals surface area (Å²) in [5, 5.41) is 25.3. The molecule has 0 amide bonds. The number of allylic oxidation sites excluding steroid dienone is 1. The highest BCUT2D eigenvalue weighted by Crippen LogP contribution is 2.27. The van der Waals surface area contributed by atoms with E-state index in [0.717, 1.165) is 16.5 Å². The minimum absolute atomic E-state index is 0.155. The number of carboxylic acid groups (broad SMARTS) is 1. The van der Waals surface area contributed by atoms with Crippen molar-refractivity contribution in [1.29, 1.82) is 5.26 Å². The average Bonchev–Trinajstić information content (AvgIpc) is 3.09. The molecule has 4 rings (SSSR count). The van der Waals surface area contributed by atoms with Crippen molar-refractivity contribution in [2.45, 2.75) is 6.54 Å². The second-order valence-electron chi connectivity index (χ2n) is 6.75. The second-order valence-corrected chi connectivity index (χ2v) is 7.57. The van der Waals surface area contributed by atoms with Crippen LogP contribution in [0, 0.1) is 11.3 Å². The normalized spacial score (nSPS) is 11.5. The van der Waals surface area contributed by atoms with Gasteiger partial charge in [0.25, 0.3) is 0 Å². The maximum absolute atomic E-state index is 11.1. The fourth-order valence-corrected chi connectivity index (χ4v) is 3.46. The predicted octanol–water partition coefficient (Wildman–Crippen LogP) is 5.55. The third-order valence-electron chi connectivity index (χ3n) is 4.71. The Kier molecular flexibility index (Phi) is 5.72. The first-order valence-electron chi connectivity index (χ1n) is 9.16. The lowest BCUT2D eigenvalue weighted by atomic mass is 10.0. The molecule has 2 aromatic carbocycles. The van der Waals surface area contributed by atoms with Crippen molar-refractivity contribution in [1.82, 2.24) is 14.8 Å². The number of hydrogen-bond acceptors (Lipinski definition) is 4. The minimum atomic E-state index is -1.02. The molecule has 31 heavy (non-hydrogen) atoms. The van der Waals surface area contributed by atoms with Crippen molar-refractivity contribution in [3.63, 3.8) is 0 Å². The molecular formula is C23H14Cl2N4O2. The van der Waals surface area contributed by atoms with Crippen LogP contribution in [0.15, 0.2) is 60.8 Å². The lowest BCUT2D eigenvalue weighted by Crippen LogP contribution is -2.02. The summed E-state index contributed by atoms with van der Waals surface area (Å²) in [6.07, 6.45) is 3.36. The van der Waals surface area contributed by atoms with E-state index in [4.69, 9.17) is 28.3 Å². The highest BCUT2D eigenvalue weighted by atomic mass is 35.5. The number of aromatic carboxylic acids is 1. The molecule has 0 aliphatic heterocycles. The highest BCUT2D eigenvalue weighted by Gasteiger charge is 2.13. The molecule has 0 saturated heterocycles. The number of carboxylic acids is 1. The summed E-state index contributed by atoms with van der Waals surface area (Å²) >= 11 is 12.1. The van der Waals surface area contributed by atoms with Gasteiger partial charge in [-0.05, 0) is 53.6 Å². The van der Waals surface area contributed by atoms with Gasteiger partial charge in [-0.15, -0.1) is 0 Å². The molecule has 6 nitrogen and oxygen atoms in total. The van der Waals surface area contributed by atoms with Crippen molar-refractivity contribution < 1.29 is 9.90 Å². The smallest absolute Gasteiger partial charge is 0.335 e. The summed E-state index contributed by atoms with van der Waals surface area (Å²) in [4.78, 5) is 15.2. The lowest BCUT2D eigenvalue weighted by molar-refractivity contribution is 0.0697. The van der Waals surface area contributed by atoms with Crippen molar-refractivity contribution in [3.8, 4) is 6.07 Å². The largest absolute Gasteiger partial charge is 0.478 e. The SMILES string of the molecule is N#C/C(=C\c1nn(Cc2ccc(Cl)nc2)c2cc(Cl)ccc12)c1ccc(C(=O)O)cc1. The van der Waals surface area contributed by atoms with Crippen LogP contribution in [0.1, 0.15) is 27.2 Å². The topological polar surface area (TPSA) is 91.8 Å². The van der Waals surface area contributed by atoms with Gasteiger partial charge in [-0.25, -0.2) is 9.78 Å². The number of nitrogens with zero attached hydrogens (tertiary/aromatic N) is 4. The van der Waals surface area contributed by atoms with E-state index in [2.05, 4.69) is 16.2 Å². The summed E-state index contributed by atoms with van der Waals surface area (Å²) in [7, 11) is 0. The van der Waals surface area contributed by atoms with Crippen LogP contribution < -0.4 is 0 Å². The van der Waals surface area contributed by atoms with Crippen LogP contribution in [-0.2, 0) is 6.54 Å². The number of hydrogen-bond donors (Lipinski definition) is 1. The Morgan fingerprint density at radius 1 is 1.10 bits per heavy atom. The zero-order chi connectivity index (χ0) is 22.0. The molecule has 8 heteroatoms. The molecule has 1 N–H and O–H groups in total. The van der Waals surface area contributed by atoms with E-state index >= 15 is 0 Å². The Morgan fingerprint density at radius 2 is 1.84 bits per heavy atom. The van der Waals surface area contributed by atoms with Crippen molar-refractivity contribution in [3.05, 3.63) is 93.4 Å². The van der Waals surface area contributed by atoms with Crippen LogP contribution in [0.4, 0.5) is 0 Å². The Balaban J connectivity index is 1.78. The molecule has 0 aliphatic carbocycles. The van der Waals surface area contributed by atoms with Gasteiger partial charge in [-0.3, -0.25) is 4.68 Å². The number of rotatable bonds is 5. The van der Waals surface area contributed by atoms with E-state index in [1.54, 1.807) is 41.2 Å². The quantitative estimate of drug-likeness (QED) is 0.319. The molecule has 0 fully saturated rings. The third-order valence-corrected chi connectivity index (χ3v) is 5.17. The number of nitriles is 1. The first kappa shape index (κ1) is 20.6. The van der Waals surface area contributed by atoms with Gasteiger partial charge in [0.05, 0.1) is 35.0 Å². The molecule has 0 spiro atoms. The summed E-state index contributed by atoms with van der Waals surface area (Å²) < 4.78 is 1.79. The summed E-state index contributed by atoms with van der Waals surface area (Å²) in [5.41, 5.74) is 3.45. The van der Waals surface area contributed by atoms with Crippen molar-refractivity contribution in [2.24, 2.45) is 0 Å². The van der Waals surface area contributed by atoms with E-state index in [9.17, 15) is 10.1 Å². The maximum Gasteiger partial charge on any atom is 0.335 e. The van der Waals surface area contributed by atoms with Gasteiger partial charge in [0, 0.05) is 16.6 Å². The predicted molar refractivity (Wildman–Crippen MR) is 120 cm³/mol. The first-order valence-corrected chi connectivity index (χ1v) is 9.92. The number of fused-ring (bicyclic) bond motifs is 1. The van der Waals surface area contributed by atoms with Gasteiger partial charge in [0.15, 0.2) is 0 Å². The number of benzene rings is 2. The fourth-order valence-electron chi connectivity index (χ4n) is 3.18. The fraction of sp³-hybridized carbons (Fsp3) is 0.0435. The standard InChI is InChI=1S/C23H14Cl2N4O2/c24-18-6-7-19-20(9-17(11-26)15-2-4-16(5-3-15)23(30)31)28-29(21(19)10-18)13-14-1-8-22(25)27-12-14/h1-10,12H,13H2,(H,30,31)/b17-9+. The van der Waals surface area contributed by atoms with Crippen molar-refractivity contribution >= 4 is 51.7 Å². The van der Waals surface area contributed by atoms with Gasteiger partial charge in [-0.2, -0.15) is 10.4 Å². The van der Waals surface area contributed by atoms with Crippen LogP contribution in [0.5, 0.6) is 0 Å². The molecule has 0 atom stereocenters. The van der Waals surface area contributed by atoms with Crippen LogP contribution >= 0.6 is 23.2 Å². The van der Waals surface area contributed by atoms with E-state index in [1.165, 1.54) is 12.1 Å². The van der Waals surface area contributed by atoms with Crippen LogP contribution in [0.25, 0.3) is 22.6 Å². The Bertz CT molecular complexity index is 1350. The van der Waals surface area contributed by atoms with Crippen LogP contribution in [-0.4, -0.2) is 25.8 Å². The van der Waals surface area contributed by atoms with E-state index in [-0.39, 0.29) is 5.56 Å². The Morgan fingerprint density at radius 3 is 2.48 bits per heavy atom. The second kappa shape index (κ2) is 8.60. The Hall–Kier alpha value is -3.66. The molecule has 152 valence electrons. The first-order chi connectivity index (χ1) is 14.9. The lowest BCUT2D eigenvalue weighted by Gasteiger charge is -2.04. The van der Waals surface area contributed by atoms with Gasteiger partial charge < -0.3 is 5.11 Å². The molecule has 0 saturated carbocycles. The van der Waals surface area contributed by atoms with Gasteiger partial charge in [-0.1, -0.05) is 41.4 Å². The third kappa shape index (κ3) is 4.43. The van der Waals surface area contributed by atoms with Gasteiger partial charge >= 0.3 is 5.97 Å². The monoisotopic (exact) mass is 448 g/mol. The van der Waals surface area contributed by atoms with Gasteiger partial charge in [0.2, 0.25) is 0 Å². The zero-order valence-electron chi connectivity index (χ0n) is 16.0. The van der Waals surface area contributed by atoms with E-state index in [1.807, 2.05) is 18.2 Å². The van der Waals surface area contributed by atoms with E-state index in [0.29, 0.717) is 33.6 Å². The molecule has 4 aromatic rings. The summed E-state index contributed by atoms with van der Waals surface area (Å²) in [5.74, 6) is -1.02. The number of pyridine rings is 1. The van der Waals surface area contributed by atoms with Crippen molar-refractivity contribution in [2.75, 3.05) is 0 Å². The number of halogens is 2. The molecule has 0 unspecified atom stereocenters. The molecule has 0 bridgehead atoms. The highest BCUT2D eigenvalue weighted by molar-refractivity contribution is 6.31. The average molecular weight is 449 g/mol. The van der Waals surface area contributed by atoms with Crippen LogP contribution in [0.2, 0.25) is 10.2 Å². The molecular weight excluding hydrogens is 435 g/mol. The maximum atomic E-state index is 11.1. The van der Waals surface area contributed by atoms with Gasteiger partial charge in [0.1, 0.15) is 5.15 Å². The molecule has 0 radical (unpaired) electrons.